The van der Waals surface area contributed by atoms with Crippen molar-refractivity contribution < 1.29 is 29.4 Å². The molecule has 0 unspecified atom stereocenters. The lowest BCUT2D eigenvalue weighted by Gasteiger charge is -2.14. The van der Waals surface area contributed by atoms with Crippen LogP contribution in [-0.2, 0) is 0 Å². The van der Waals surface area contributed by atoms with Gasteiger partial charge in [-0.05, 0) is 48.5 Å². The molecule has 38 heavy (non-hydrogen) atoms. The van der Waals surface area contributed by atoms with Crippen molar-refractivity contribution in [3.05, 3.63) is 106 Å². The number of aromatic carboxylic acids is 2. The first-order chi connectivity index (χ1) is 18.2. The standard InChI is InChI=1S/C30H18N2O6/c1-3-17-12-14-22(29(35)36)23(15-17)28(34)32-26-10-6-7-19-20(26)8-5-9-25(19)31-27(33)21-13-11-18(4-2)16-24(21)30(37)38/h1-2,5-16H,(H,31,33)(H,32,34)(H,35,36)(H,37,38). The number of carbonyl (C=O) groups is 4. The van der Waals surface area contributed by atoms with Gasteiger partial charge >= 0.3 is 11.9 Å². The van der Waals surface area contributed by atoms with E-state index in [0.717, 1.165) is 0 Å². The molecule has 0 radical (unpaired) electrons. The number of anilines is 2. The Morgan fingerprint density at radius 1 is 0.579 bits per heavy atom. The summed E-state index contributed by atoms with van der Waals surface area (Å²) in [6.07, 6.45) is 10.7. The third-order valence-corrected chi connectivity index (χ3v) is 5.74. The molecule has 0 aliphatic carbocycles. The van der Waals surface area contributed by atoms with E-state index in [9.17, 15) is 29.4 Å². The first-order valence-corrected chi connectivity index (χ1v) is 11.1. The fraction of sp³-hybridized carbons (Fsp3) is 0. The van der Waals surface area contributed by atoms with Gasteiger partial charge in [-0.25, -0.2) is 9.59 Å². The van der Waals surface area contributed by atoms with E-state index in [0.29, 0.717) is 33.3 Å². The van der Waals surface area contributed by atoms with Crippen LogP contribution in [0.4, 0.5) is 11.4 Å². The highest BCUT2D eigenvalue weighted by Gasteiger charge is 2.20. The molecule has 0 saturated carbocycles. The molecular weight excluding hydrogens is 484 g/mol. The van der Waals surface area contributed by atoms with Gasteiger partial charge in [0.25, 0.3) is 11.8 Å². The number of carboxylic acid groups (broad SMARTS) is 2. The molecule has 0 aliphatic rings. The highest BCUT2D eigenvalue weighted by atomic mass is 16.4. The Morgan fingerprint density at radius 2 is 1.03 bits per heavy atom. The van der Waals surface area contributed by atoms with Crippen LogP contribution in [0.3, 0.4) is 0 Å². The van der Waals surface area contributed by atoms with Gasteiger partial charge in [-0.2, -0.15) is 0 Å². The lowest BCUT2D eigenvalue weighted by atomic mass is 10.0. The van der Waals surface area contributed by atoms with Crippen LogP contribution in [-0.4, -0.2) is 34.0 Å². The molecule has 8 heteroatoms. The first kappa shape index (κ1) is 25.2. The topological polar surface area (TPSA) is 133 Å². The van der Waals surface area contributed by atoms with E-state index in [4.69, 9.17) is 12.8 Å². The molecule has 4 aromatic rings. The number of nitrogens with one attached hydrogen (secondary N) is 2. The molecular formula is C30H18N2O6. The summed E-state index contributed by atoms with van der Waals surface area (Å²) in [7, 11) is 0. The van der Waals surface area contributed by atoms with Gasteiger partial charge in [-0.1, -0.05) is 36.1 Å². The average Bonchev–Trinajstić information content (AvgIpc) is 2.92. The van der Waals surface area contributed by atoms with Crippen LogP contribution in [0.5, 0.6) is 0 Å². The maximum atomic E-state index is 13.1. The van der Waals surface area contributed by atoms with Crippen molar-refractivity contribution in [2.24, 2.45) is 0 Å². The molecule has 8 nitrogen and oxygen atoms in total. The molecule has 4 aromatic carbocycles. The van der Waals surface area contributed by atoms with E-state index in [1.54, 1.807) is 36.4 Å². The van der Waals surface area contributed by atoms with Crippen molar-refractivity contribution in [3.63, 3.8) is 0 Å². The van der Waals surface area contributed by atoms with Crippen LogP contribution in [0.1, 0.15) is 52.6 Å². The molecule has 0 saturated heterocycles. The number of fused-ring (bicyclic) bond motifs is 1. The molecule has 0 aliphatic heterocycles. The predicted molar refractivity (Wildman–Crippen MR) is 143 cm³/mol. The summed E-state index contributed by atoms with van der Waals surface area (Å²) in [5.41, 5.74) is 0.757. The fourth-order valence-electron chi connectivity index (χ4n) is 3.92. The second kappa shape index (κ2) is 10.4. The zero-order valence-electron chi connectivity index (χ0n) is 19.6. The minimum atomic E-state index is -1.30. The molecule has 0 heterocycles. The van der Waals surface area contributed by atoms with Gasteiger partial charge < -0.3 is 20.8 Å². The van der Waals surface area contributed by atoms with E-state index in [-0.39, 0.29) is 22.3 Å². The Morgan fingerprint density at radius 3 is 1.50 bits per heavy atom. The van der Waals surface area contributed by atoms with Crippen molar-refractivity contribution in [1.29, 1.82) is 0 Å². The lowest BCUT2D eigenvalue weighted by molar-refractivity contribution is 0.0683. The molecule has 184 valence electrons. The monoisotopic (exact) mass is 502 g/mol. The molecule has 0 bridgehead atoms. The molecule has 2 amide bonds. The predicted octanol–water partition coefficient (Wildman–Crippen LogP) is 4.70. The number of hydrogen-bond acceptors (Lipinski definition) is 4. The van der Waals surface area contributed by atoms with Crippen molar-refractivity contribution in [2.45, 2.75) is 0 Å². The van der Waals surface area contributed by atoms with Gasteiger partial charge in [0.1, 0.15) is 0 Å². The number of rotatable bonds is 6. The molecule has 4 rings (SSSR count). The largest absolute Gasteiger partial charge is 0.478 e. The second-order valence-corrected chi connectivity index (χ2v) is 8.03. The molecule has 0 aromatic heterocycles. The van der Waals surface area contributed by atoms with Crippen molar-refractivity contribution in [3.8, 4) is 24.7 Å². The van der Waals surface area contributed by atoms with Crippen LogP contribution in [0.25, 0.3) is 10.8 Å². The zero-order chi connectivity index (χ0) is 27.4. The summed E-state index contributed by atoms with van der Waals surface area (Å²) in [6, 6.07) is 18.0. The summed E-state index contributed by atoms with van der Waals surface area (Å²) in [5, 5.41) is 25.6. The van der Waals surface area contributed by atoms with Crippen LogP contribution in [0.2, 0.25) is 0 Å². The zero-order valence-corrected chi connectivity index (χ0v) is 19.6. The fourth-order valence-corrected chi connectivity index (χ4v) is 3.92. The quantitative estimate of drug-likeness (QED) is 0.283. The Hall–Kier alpha value is -5.86. The summed E-state index contributed by atoms with van der Waals surface area (Å²) in [6.45, 7) is 0. The molecule has 4 N–H and O–H groups in total. The van der Waals surface area contributed by atoms with Crippen LogP contribution in [0.15, 0.2) is 72.8 Å². The summed E-state index contributed by atoms with van der Waals surface area (Å²) < 4.78 is 0. The average molecular weight is 502 g/mol. The van der Waals surface area contributed by atoms with Crippen molar-refractivity contribution in [2.75, 3.05) is 10.6 Å². The van der Waals surface area contributed by atoms with Gasteiger partial charge in [0.15, 0.2) is 0 Å². The third kappa shape index (κ3) is 4.92. The maximum Gasteiger partial charge on any atom is 0.336 e. The summed E-state index contributed by atoms with van der Waals surface area (Å²) >= 11 is 0. The summed E-state index contributed by atoms with van der Waals surface area (Å²) in [4.78, 5) is 49.4. The van der Waals surface area contributed by atoms with Crippen molar-refractivity contribution >= 4 is 45.9 Å². The van der Waals surface area contributed by atoms with Gasteiger partial charge in [0.2, 0.25) is 0 Å². The molecule has 0 atom stereocenters. The normalized spacial score (nSPS) is 10.2. The number of hydrogen-bond donors (Lipinski definition) is 4. The van der Waals surface area contributed by atoms with Gasteiger partial charge in [-0.3, -0.25) is 9.59 Å². The first-order valence-electron chi connectivity index (χ1n) is 11.1. The Bertz CT molecular complexity index is 1740. The highest BCUT2D eigenvalue weighted by molar-refractivity contribution is 6.17. The number of terminal acetylenes is 2. The highest BCUT2D eigenvalue weighted by Crippen LogP contribution is 2.30. The number of benzene rings is 4. The SMILES string of the molecule is C#Cc1ccc(C(=O)Nc2cccc3c(NC(=O)c4cc(C#C)ccc4C(=O)O)cccc23)c(C(=O)O)c1. The van der Waals surface area contributed by atoms with Gasteiger partial charge in [0, 0.05) is 33.3 Å². The number of carboxylic acids is 2. The molecule has 0 fully saturated rings. The van der Waals surface area contributed by atoms with Crippen LogP contribution < -0.4 is 10.6 Å². The van der Waals surface area contributed by atoms with E-state index in [1.807, 2.05) is 0 Å². The van der Waals surface area contributed by atoms with Crippen LogP contribution in [0, 0.1) is 24.7 Å². The Balaban J connectivity index is 1.70. The minimum Gasteiger partial charge on any atom is -0.478 e. The van der Waals surface area contributed by atoms with E-state index in [1.165, 1.54) is 36.4 Å². The van der Waals surface area contributed by atoms with E-state index < -0.39 is 23.8 Å². The second-order valence-electron chi connectivity index (χ2n) is 8.03. The Kier molecular flexibility index (Phi) is 6.91. The van der Waals surface area contributed by atoms with Gasteiger partial charge in [0.05, 0.1) is 22.3 Å². The number of carbonyl (C=O) groups excluding carboxylic acids is 2. The smallest absolute Gasteiger partial charge is 0.336 e. The van der Waals surface area contributed by atoms with Crippen molar-refractivity contribution in [1.82, 2.24) is 0 Å². The Labute approximate surface area is 216 Å². The minimum absolute atomic E-state index is 0.0763. The number of amides is 2. The van der Waals surface area contributed by atoms with E-state index in [2.05, 4.69) is 22.5 Å². The summed E-state index contributed by atoms with van der Waals surface area (Å²) in [5.74, 6) is 0.796. The maximum absolute atomic E-state index is 13.1. The third-order valence-electron chi connectivity index (χ3n) is 5.74. The van der Waals surface area contributed by atoms with Gasteiger partial charge in [-0.15, -0.1) is 12.8 Å². The lowest BCUT2D eigenvalue weighted by Crippen LogP contribution is -2.18. The van der Waals surface area contributed by atoms with E-state index >= 15 is 0 Å². The van der Waals surface area contributed by atoms with Crippen LogP contribution >= 0.6 is 0 Å². The molecule has 0 spiro atoms.